The summed E-state index contributed by atoms with van der Waals surface area (Å²) in [5.41, 5.74) is 1.59. The first-order chi connectivity index (χ1) is 5.27. The van der Waals surface area contributed by atoms with Gasteiger partial charge in [-0.2, -0.15) is 0 Å². The number of hydrogen-bond acceptors (Lipinski definition) is 3. The second-order valence-corrected chi connectivity index (χ2v) is 2.15. The molecule has 0 aromatic heterocycles. The maximum absolute atomic E-state index is 10.8. The quantitative estimate of drug-likeness (QED) is 0.546. The molecule has 0 heterocycles. The van der Waals surface area contributed by atoms with E-state index in [4.69, 9.17) is 0 Å². The van der Waals surface area contributed by atoms with Crippen molar-refractivity contribution < 1.29 is 4.79 Å². The number of nitrogens with one attached hydrogen (secondary N) is 1. The Balaban J connectivity index is 2.95. The molecule has 0 amide bonds. The molecule has 0 saturated carbocycles. The molecule has 1 aliphatic rings. The van der Waals surface area contributed by atoms with Gasteiger partial charge in [0.15, 0.2) is 5.78 Å². The minimum atomic E-state index is 0.00162. The van der Waals surface area contributed by atoms with Crippen molar-refractivity contribution >= 4 is 11.5 Å². The highest BCUT2D eigenvalue weighted by molar-refractivity contribution is 6.19. The largest absolute Gasteiger partial charge is 0.386 e. The zero-order valence-corrected chi connectivity index (χ0v) is 6.59. The third-order valence-electron chi connectivity index (χ3n) is 1.48. The highest BCUT2D eigenvalue weighted by Gasteiger charge is 2.07. The third kappa shape index (κ3) is 1.55. The summed E-state index contributed by atoms with van der Waals surface area (Å²) >= 11 is 0. The number of ketones is 1. The Labute approximate surface area is 65.5 Å². The van der Waals surface area contributed by atoms with E-state index in [-0.39, 0.29) is 5.78 Å². The van der Waals surface area contributed by atoms with Crippen LogP contribution in [0.5, 0.6) is 0 Å². The van der Waals surface area contributed by atoms with Crippen LogP contribution in [0.15, 0.2) is 28.9 Å². The molecule has 1 N–H and O–H groups in total. The van der Waals surface area contributed by atoms with Crippen LogP contribution >= 0.6 is 0 Å². The van der Waals surface area contributed by atoms with Gasteiger partial charge in [-0.15, -0.1) is 0 Å². The second-order valence-electron chi connectivity index (χ2n) is 2.15. The lowest BCUT2D eigenvalue weighted by Gasteiger charge is -2.08. The minimum Gasteiger partial charge on any atom is -0.386 e. The molecule has 3 heteroatoms. The normalized spacial score (nSPS) is 20.4. The molecular weight excluding hydrogens is 140 g/mol. The lowest BCUT2D eigenvalue weighted by molar-refractivity contribution is -0.110. The predicted octanol–water partition coefficient (Wildman–Crippen LogP) is 0.299. The van der Waals surface area contributed by atoms with Gasteiger partial charge in [-0.3, -0.25) is 9.79 Å². The lowest BCUT2D eigenvalue weighted by Crippen LogP contribution is -2.18. The molecule has 0 aromatic carbocycles. The van der Waals surface area contributed by atoms with Crippen molar-refractivity contribution in [2.24, 2.45) is 4.99 Å². The van der Waals surface area contributed by atoms with Crippen molar-refractivity contribution in [3.05, 3.63) is 23.9 Å². The average Bonchev–Trinajstić information content (AvgIpc) is 2.04. The first kappa shape index (κ1) is 7.72. The highest BCUT2D eigenvalue weighted by atomic mass is 16.1. The number of allylic oxidation sites excluding steroid dienone is 3. The van der Waals surface area contributed by atoms with E-state index in [0.29, 0.717) is 0 Å². The van der Waals surface area contributed by atoms with Crippen molar-refractivity contribution in [1.82, 2.24) is 5.32 Å². The van der Waals surface area contributed by atoms with E-state index >= 15 is 0 Å². The molecule has 58 valence electrons. The number of hydrogen-bond donors (Lipinski definition) is 1. The van der Waals surface area contributed by atoms with Crippen LogP contribution in [0.25, 0.3) is 0 Å². The zero-order chi connectivity index (χ0) is 8.27. The molecule has 1 aliphatic carbocycles. The molecule has 0 atom stereocenters. The van der Waals surface area contributed by atoms with Crippen LogP contribution in [0.3, 0.4) is 0 Å². The van der Waals surface area contributed by atoms with E-state index < -0.39 is 0 Å². The predicted molar refractivity (Wildman–Crippen MR) is 44.6 cm³/mol. The first-order valence-electron chi connectivity index (χ1n) is 3.36. The van der Waals surface area contributed by atoms with Gasteiger partial charge in [0.05, 0.1) is 11.4 Å². The van der Waals surface area contributed by atoms with Crippen LogP contribution in [0.1, 0.15) is 0 Å². The van der Waals surface area contributed by atoms with E-state index in [9.17, 15) is 4.79 Å². The number of rotatable bonds is 1. The Hall–Kier alpha value is -1.38. The van der Waals surface area contributed by atoms with Gasteiger partial charge in [0, 0.05) is 20.2 Å². The molecule has 11 heavy (non-hydrogen) atoms. The van der Waals surface area contributed by atoms with E-state index in [1.165, 1.54) is 12.2 Å². The average molecular weight is 150 g/mol. The molecule has 0 spiro atoms. The van der Waals surface area contributed by atoms with Crippen molar-refractivity contribution in [2.45, 2.75) is 0 Å². The molecule has 3 nitrogen and oxygen atoms in total. The summed E-state index contributed by atoms with van der Waals surface area (Å²) in [6, 6.07) is 0. The van der Waals surface area contributed by atoms with Crippen LogP contribution in [-0.4, -0.2) is 25.6 Å². The Bertz CT molecular complexity index is 261. The number of carbonyl (C=O) groups is 1. The van der Waals surface area contributed by atoms with E-state index in [1.54, 1.807) is 20.2 Å². The van der Waals surface area contributed by atoms with Crippen molar-refractivity contribution in [3.8, 4) is 0 Å². The van der Waals surface area contributed by atoms with Gasteiger partial charge in [-0.25, -0.2) is 0 Å². The minimum absolute atomic E-state index is 0.00162. The van der Waals surface area contributed by atoms with E-state index in [2.05, 4.69) is 10.3 Å². The molecule has 0 unspecified atom stereocenters. The van der Waals surface area contributed by atoms with Crippen molar-refractivity contribution in [3.63, 3.8) is 0 Å². The lowest BCUT2D eigenvalue weighted by atomic mass is 10.1. The Morgan fingerprint density at radius 3 is 2.73 bits per heavy atom. The topological polar surface area (TPSA) is 41.5 Å². The smallest absolute Gasteiger partial charge is 0.180 e. The van der Waals surface area contributed by atoms with E-state index in [1.807, 2.05) is 0 Å². The Morgan fingerprint density at radius 1 is 1.45 bits per heavy atom. The van der Waals surface area contributed by atoms with Gasteiger partial charge in [0.1, 0.15) is 0 Å². The van der Waals surface area contributed by atoms with Crippen molar-refractivity contribution in [2.75, 3.05) is 14.1 Å². The van der Waals surface area contributed by atoms with Gasteiger partial charge in [-0.05, 0) is 12.2 Å². The molecule has 0 bridgehead atoms. The zero-order valence-electron chi connectivity index (χ0n) is 6.59. The maximum Gasteiger partial charge on any atom is 0.180 e. The first-order valence-corrected chi connectivity index (χ1v) is 3.36. The van der Waals surface area contributed by atoms with Crippen LogP contribution < -0.4 is 5.32 Å². The third-order valence-corrected chi connectivity index (χ3v) is 1.48. The summed E-state index contributed by atoms with van der Waals surface area (Å²) in [5, 5.41) is 2.89. The van der Waals surface area contributed by atoms with Gasteiger partial charge in [0.2, 0.25) is 0 Å². The van der Waals surface area contributed by atoms with Crippen LogP contribution in [0.2, 0.25) is 0 Å². The summed E-state index contributed by atoms with van der Waals surface area (Å²) in [6.45, 7) is 0. The van der Waals surface area contributed by atoms with Gasteiger partial charge in [-0.1, -0.05) is 0 Å². The fourth-order valence-corrected chi connectivity index (χ4v) is 0.910. The van der Waals surface area contributed by atoms with Gasteiger partial charge in [0.25, 0.3) is 0 Å². The molecule has 0 saturated heterocycles. The fourth-order valence-electron chi connectivity index (χ4n) is 0.910. The Kier molecular flexibility index (Phi) is 2.21. The maximum atomic E-state index is 10.8. The standard InChI is InChI=1S/C8H10N2O/c1-9-7-4-3-6(11)5-8(7)10-2/h3-5,10H,1-2H3. The summed E-state index contributed by atoms with van der Waals surface area (Å²) in [5.74, 6) is 0.00162. The van der Waals surface area contributed by atoms with Crippen LogP contribution in [0.4, 0.5) is 0 Å². The van der Waals surface area contributed by atoms with E-state index in [0.717, 1.165) is 11.4 Å². The monoisotopic (exact) mass is 150 g/mol. The van der Waals surface area contributed by atoms with Gasteiger partial charge >= 0.3 is 0 Å². The summed E-state index contributed by atoms with van der Waals surface area (Å²) < 4.78 is 0. The molecular formula is C8H10N2O. The number of aliphatic imine (C=N–C) groups is 1. The molecule has 0 radical (unpaired) electrons. The Morgan fingerprint density at radius 2 is 2.18 bits per heavy atom. The van der Waals surface area contributed by atoms with Crippen molar-refractivity contribution in [1.29, 1.82) is 0 Å². The fraction of sp³-hybridized carbons (Fsp3) is 0.250. The molecule has 0 aromatic rings. The van der Waals surface area contributed by atoms with Crippen LogP contribution in [-0.2, 0) is 4.79 Å². The van der Waals surface area contributed by atoms with Gasteiger partial charge < -0.3 is 5.32 Å². The highest BCUT2D eigenvalue weighted by Crippen LogP contribution is 2.02. The second kappa shape index (κ2) is 3.14. The summed E-state index contributed by atoms with van der Waals surface area (Å²) in [6.07, 6.45) is 4.74. The molecule has 1 rings (SSSR count). The number of nitrogens with zero attached hydrogens (tertiary/aromatic N) is 1. The SMILES string of the molecule is CN=C1C=CC(=O)C=C1NC. The number of carbonyl (C=O) groups excluding carboxylic acids is 1. The van der Waals surface area contributed by atoms with Crippen LogP contribution in [0, 0.1) is 0 Å². The summed E-state index contributed by atoms with van der Waals surface area (Å²) in [4.78, 5) is 14.8. The molecule has 0 fully saturated rings. The summed E-state index contributed by atoms with van der Waals surface area (Å²) in [7, 11) is 3.46. The molecule has 0 aliphatic heterocycles.